The van der Waals surface area contributed by atoms with E-state index in [2.05, 4.69) is 54.2 Å². The largest absolute Gasteiger partial charge is 0.315 e. The summed E-state index contributed by atoms with van der Waals surface area (Å²) in [7, 11) is 0. The number of rotatable bonds is 4. The molecule has 0 spiro atoms. The van der Waals surface area contributed by atoms with E-state index in [0.717, 1.165) is 18.9 Å². The SMILES string of the molecule is CC(C)n1nc(C2CC2)nc1C1CNCC1c1ccccc1. The summed E-state index contributed by atoms with van der Waals surface area (Å²) in [6.45, 7) is 6.43. The smallest absolute Gasteiger partial charge is 0.154 e. The van der Waals surface area contributed by atoms with Gasteiger partial charge in [0, 0.05) is 36.9 Å². The predicted molar refractivity (Wildman–Crippen MR) is 87.2 cm³/mol. The summed E-state index contributed by atoms with van der Waals surface area (Å²) in [6, 6.07) is 11.2. The number of hydrogen-bond donors (Lipinski definition) is 1. The van der Waals surface area contributed by atoms with Crippen LogP contribution in [-0.2, 0) is 0 Å². The fraction of sp³-hybridized carbons (Fsp3) is 0.556. The van der Waals surface area contributed by atoms with E-state index in [-0.39, 0.29) is 0 Å². The molecule has 116 valence electrons. The van der Waals surface area contributed by atoms with Crippen LogP contribution in [0.4, 0.5) is 0 Å². The maximum absolute atomic E-state index is 4.96. The third-order valence-corrected chi connectivity index (χ3v) is 4.88. The fourth-order valence-corrected chi connectivity index (χ4v) is 3.50. The summed E-state index contributed by atoms with van der Waals surface area (Å²) in [5.74, 6) is 3.78. The quantitative estimate of drug-likeness (QED) is 0.942. The zero-order valence-electron chi connectivity index (χ0n) is 13.4. The van der Waals surface area contributed by atoms with Crippen molar-refractivity contribution in [3.05, 3.63) is 47.5 Å². The Morgan fingerprint density at radius 3 is 2.50 bits per heavy atom. The minimum atomic E-state index is 0.368. The van der Waals surface area contributed by atoms with E-state index in [1.54, 1.807) is 0 Å². The average molecular weight is 296 g/mol. The van der Waals surface area contributed by atoms with Crippen molar-refractivity contribution in [3.8, 4) is 0 Å². The first-order valence-corrected chi connectivity index (χ1v) is 8.46. The van der Waals surface area contributed by atoms with Crippen LogP contribution in [-0.4, -0.2) is 27.9 Å². The maximum Gasteiger partial charge on any atom is 0.154 e. The molecule has 1 saturated heterocycles. The molecule has 2 atom stereocenters. The Kier molecular flexibility index (Phi) is 3.49. The predicted octanol–water partition coefficient (Wildman–Crippen LogP) is 3.21. The summed E-state index contributed by atoms with van der Waals surface area (Å²) in [6.07, 6.45) is 2.51. The van der Waals surface area contributed by atoms with Gasteiger partial charge in [-0.1, -0.05) is 30.3 Å². The highest BCUT2D eigenvalue weighted by Gasteiger charge is 2.36. The Balaban J connectivity index is 1.70. The molecule has 1 aliphatic carbocycles. The van der Waals surface area contributed by atoms with Crippen molar-refractivity contribution in [2.45, 2.75) is 50.5 Å². The van der Waals surface area contributed by atoms with E-state index < -0.39 is 0 Å². The molecule has 2 heterocycles. The van der Waals surface area contributed by atoms with Gasteiger partial charge in [-0.3, -0.25) is 0 Å². The highest BCUT2D eigenvalue weighted by atomic mass is 15.4. The van der Waals surface area contributed by atoms with Gasteiger partial charge in [0.15, 0.2) is 5.82 Å². The molecule has 2 aliphatic rings. The van der Waals surface area contributed by atoms with Gasteiger partial charge >= 0.3 is 0 Å². The van der Waals surface area contributed by atoms with Crippen molar-refractivity contribution in [1.29, 1.82) is 0 Å². The molecule has 1 aromatic heterocycles. The van der Waals surface area contributed by atoms with E-state index in [9.17, 15) is 0 Å². The summed E-state index contributed by atoms with van der Waals surface area (Å²) in [5, 5.41) is 8.38. The van der Waals surface area contributed by atoms with Gasteiger partial charge in [0.2, 0.25) is 0 Å². The molecule has 1 aliphatic heterocycles. The molecule has 0 amide bonds. The van der Waals surface area contributed by atoms with Crippen molar-refractivity contribution < 1.29 is 0 Å². The molecule has 4 heteroatoms. The lowest BCUT2D eigenvalue weighted by atomic mass is 9.88. The van der Waals surface area contributed by atoms with Crippen LogP contribution in [0.1, 0.15) is 67.7 Å². The lowest BCUT2D eigenvalue weighted by molar-refractivity contribution is 0.471. The van der Waals surface area contributed by atoms with E-state index in [1.807, 2.05) is 0 Å². The highest BCUT2D eigenvalue weighted by molar-refractivity contribution is 5.27. The van der Waals surface area contributed by atoms with Crippen LogP contribution in [0.25, 0.3) is 0 Å². The van der Waals surface area contributed by atoms with Crippen LogP contribution in [0, 0.1) is 0 Å². The van der Waals surface area contributed by atoms with Crippen molar-refractivity contribution in [2.75, 3.05) is 13.1 Å². The molecule has 4 rings (SSSR count). The first-order valence-electron chi connectivity index (χ1n) is 8.46. The molecule has 4 nitrogen and oxygen atoms in total. The minimum Gasteiger partial charge on any atom is -0.315 e. The van der Waals surface area contributed by atoms with Gasteiger partial charge in [-0.05, 0) is 32.3 Å². The normalized spacial score (nSPS) is 25.0. The van der Waals surface area contributed by atoms with Crippen molar-refractivity contribution in [1.82, 2.24) is 20.1 Å². The monoisotopic (exact) mass is 296 g/mol. The Hall–Kier alpha value is -1.68. The van der Waals surface area contributed by atoms with Gasteiger partial charge < -0.3 is 5.32 Å². The zero-order valence-corrected chi connectivity index (χ0v) is 13.4. The first-order chi connectivity index (χ1) is 10.7. The second-order valence-corrected chi connectivity index (χ2v) is 6.92. The van der Waals surface area contributed by atoms with Crippen molar-refractivity contribution in [2.24, 2.45) is 0 Å². The molecule has 1 N–H and O–H groups in total. The van der Waals surface area contributed by atoms with Gasteiger partial charge in [0.05, 0.1) is 0 Å². The summed E-state index contributed by atoms with van der Waals surface area (Å²) in [5.41, 5.74) is 1.41. The van der Waals surface area contributed by atoms with Gasteiger partial charge in [-0.25, -0.2) is 9.67 Å². The molecule has 0 bridgehead atoms. The Morgan fingerprint density at radius 2 is 1.82 bits per heavy atom. The first kappa shape index (κ1) is 13.9. The average Bonchev–Trinajstić information content (AvgIpc) is 3.11. The molecule has 1 saturated carbocycles. The van der Waals surface area contributed by atoms with Crippen LogP contribution in [0.5, 0.6) is 0 Å². The summed E-state index contributed by atoms with van der Waals surface area (Å²) in [4.78, 5) is 4.96. The Morgan fingerprint density at radius 1 is 1.09 bits per heavy atom. The molecule has 0 radical (unpaired) electrons. The van der Waals surface area contributed by atoms with E-state index in [4.69, 9.17) is 10.1 Å². The fourth-order valence-electron chi connectivity index (χ4n) is 3.50. The Labute approximate surface area is 132 Å². The van der Waals surface area contributed by atoms with E-state index in [1.165, 1.54) is 24.2 Å². The molecule has 1 aromatic carbocycles. The maximum atomic E-state index is 4.96. The second-order valence-electron chi connectivity index (χ2n) is 6.92. The lowest BCUT2D eigenvalue weighted by Gasteiger charge is -2.20. The van der Waals surface area contributed by atoms with Crippen molar-refractivity contribution >= 4 is 0 Å². The second kappa shape index (κ2) is 5.51. The van der Waals surface area contributed by atoms with Crippen LogP contribution < -0.4 is 5.32 Å². The summed E-state index contributed by atoms with van der Waals surface area (Å²) < 4.78 is 2.17. The number of aromatic nitrogens is 3. The summed E-state index contributed by atoms with van der Waals surface area (Å²) >= 11 is 0. The number of nitrogens with one attached hydrogen (secondary N) is 1. The molecular weight excluding hydrogens is 272 g/mol. The minimum absolute atomic E-state index is 0.368. The van der Waals surface area contributed by atoms with Crippen molar-refractivity contribution in [3.63, 3.8) is 0 Å². The molecule has 22 heavy (non-hydrogen) atoms. The van der Waals surface area contributed by atoms with Crippen LogP contribution in [0.2, 0.25) is 0 Å². The third kappa shape index (κ3) is 2.45. The van der Waals surface area contributed by atoms with Gasteiger partial charge in [-0.2, -0.15) is 5.10 Å². The van der Waals surface area contributed by atoms with Crippen LogP contribution >= 0.6 is 0 Å². The number of nitrogens with zero attached hydrogens (tertiary/aromatic N) is 3. The van der Waals surface area contributed by atoms with Gasteiger partial charge in [0.1, 0.15) is 5.82 Å². The van der Waals surface area contributed by atoms with Crippen LogP contribution in [0.3, 0.4) is 0 Å². The topological polar surface area (TPSA) is 42.7 Å². The molecular formula is C18H24N4. The molecule has 2 fully saturated rings. The molecule has 2 unspecified atom stereocenters. The van der Waals surface area contributed by atoms with E-state index in [0.29, 0.717) is 23.8 Å². The third-order valence-electron chi connectivity index (χ3n) is 4.88. The number of hydrogen-bond acceptors (Lipinski definition) is 3. The highest BCUT2D eigenvalue weighted by Crippen LogP contribution is 2.41. The molecule has 2 aromatic rings. The standard InChI is InChI=1S/C18H24N4/c1-12(2)22-18(20-17(21-22)14-8-9-14)16-11-19-10-15(16)13-6-4-3-5-7-13/h3-7,12,14-16,19H,8-11H2,1-2H3. The van der Waals surface area contributed by atoms with Crippen LogP contribution in [0.15, 0.2) is 30.3 Å². The van der Waals surface area contributed by atoms with Gasteiger partial charge in [0.25, 0.3) is 0 Å². The Bertz CT molecular complexity index is 642. The number of benzene rings is 1. The van der Waals surface area contributed by atoms with Gasteiger partial charge in [-0.15, -0.1) is 0 Å². The van der Waals surface area contributed by atoms with E-state index >= 15 is 0 Å². The lowest BCUT2D eigenvalue weighted by Crippen LogP contribution is -2.17. The zero-order chi connectivity index (χ0) is 15.1.